The Morgan fingerprint density at radius 1 is 1.24 bits per heavy atom. The second-order valence-corrected chi connectivity index (χ2v) is 6.32. The van der Waals surface area contributed by atoms with Gasteiger partial charge < -0.3 is 10.6 Å². The highest BCUT2D eigenvalue weighted by atomic mass is 35.5. The van der Waals surface area contributed by atoms with E-state index in [1.807, 2.05) is 6.92 Å². The lowest BCUT2D eigenvalue weighted by Gasteiger charge is -2.38. The summed E-state index contributed by atoms with van der Waals surface area (Å²) in [6, 6.07) is 0.0910. The standard InChI is InChI=1S/C14H23F3N2O.ClH/c1-9-8-19(6-5-12(9)18)13(20)10-3-2-4-11(7-10)14(15,16)17;/h9-12H,2-8,18H2,1H3;1H. The van der Waals surface area contributed by atoms with Crippen LogP contribution in [0.15, 0.2) is 0 Å². The number of halogens is 4. The number of nitrogens with two attached hydrogens (primary N) is 1. The molecule has 0 aromatic rings. The van der Waals surface area contributed by atoms with Crippen molar-refractivity contribution in [2.24, 2.45) is 23.5 Å². The average molecular weight is 329 g/mol. The average Bonchev–Trinajstić information content (AvgIpc) is 2.40. The maximum atomic E-state index is 12.8. The number of hydrogen-bond acceptors (Lipinski definition) is 2. The molecule has 0 aromatic carbocycles. The van der Waals surface area contributed by atoms with E-state index in [4.69, 9.17) is 5.73 Å². The third-order valence-corrected chi connectivity index (χ3v) is 4.77. The summed E-state index contributed by atoms with van der Waals surface area (Å²) < 4.78 is 38.4. The molecule has 2 N–H and O–H groups in total. The maximum absolute atomic E-state index is 12.8. The fourth-order valence-corrected chi connectivity index (χ4v) is 3.33. The second-order valence-electron chi connectivity index (χ2n) is 6.32. The van der Waals surface area contributed by atoms with E-state index in [9.17, 15) is 18.0 Å². The number of alkyl halides is 3. The van der Waals surface area contributed by atoms with Gasteiger partial charge in [0.25, 0.3) is 0 Å². The van der Waals surface area contributed by atoms with Crippen molar-refractivity contribution in [1.29, 1.82) is 0 Å². The van der Waals surface area contributed by atoms with Crippen molar-refractivity contribution in [1.82, 2.24) is 4.90 Å². The number of likely N-dealkylation sites (tertiary alicyclic amines) is 1. The molecule has 0 radical (unpaired) electrons. The van der Waals surface area contributed by atoms with Crippen molar-refractivity contribution >= 4 is 18.3 Å². The van der Waals surface area contributed by atoms with Crippen LogP contribution < -0.4 is 5.73 Å². The first-order valence-electron chi connectivity index (χ1n) is 7.40. The smallest absolute Gasteiger partial charge is 0.342 e. The van der Waals surface area contributed by atoms with Gasteiger partial charge in [-0.1, -0.05) is 13.3 Å². The topological polar surface area (TPSA) is 46.3 Å². The Morgan fingerprint density at radius 2 is 1.90 bits per heavy atom. The lowest BCUT2D eigenvalue weighted by atomic mass is 9.80. The van der Waals surface area contributed by atoms with Gasteiger partial charge in [-0.2, -0.15) is 13.2 Å². The van der Waals surface area contributed by atoms with E-state index in [2.05, 4.69) is 0 Å². The molecule has 4 unspecified atom stereocenters. The molecule has 2 rings (SSSR count). The Kier molecular flexibility index (Phi) is 6.35. The zero-order chi connectivity index (χ0) is 14.9. The highest BCUT2D eigenvalue weighted by molar-refractivity contribution is 5.85. The van der Waals surface area contributed by atoms with E-state index >= 15 is 0 Å². The van der Waals surface area contributed by atoms with Crippen LogP contribution in [0.2, 0.25) is 0 Å². The predicted molar refractivity (Wildman–Crippen MR) is 77.1 cm³/mol. The Morgan fingerprint density at radius 3 is 2.48 bits per heavy atom. The van der Waals surface area contributed by atoms with Crippen molar-refractivity contribution in [2.75, 3.05) is 13.1 Å². The van der Waals surface area contributed by atoms with Crippen LogP contribution in [0.1, 0.15) is 39.0 Å². The Balaban J connectivity index is 0.00000220. The van der Waals surface area contributed by atoms with E-state index in [0.29, 0.717) is 25.9 Å². The molecule has 1 saturated heterocycles. The van der Waals surface area contributed by atoms with Gasteiger partial charge in [-0.05, 0) is 31.6 Å². The van der Waals surface area contributed by atoms with Gasteiger partial charge in [-0.25, -0.2) is 0 Å². The van der Waals surface area contributed by atoms with Crippen LogP contribution in [0.25, 0.3) is 0 Å². The van der Waals surface area contributed by atoms with Crippen molar-refractivity contribution in [2.45, 2.75) is 51.2 Å². The van der Waals surface area contributed by atoms with Crippen molar-refractivity contribution in [3.63, 3.8) is 0 Å². The molecule has 0 bridgehead atoms. The minimum absolute atomic E-state index is 0. The molecule has 3 nitrogen and oxygen atoms in total. The molecule has 2 aliphatic rings. The van der Waals surface area contributed by atoms with E-state index in [0.717, 1.165) is 6.42 Å². The van der Waals surface area contributed by atoms with Gasteiger partial charge in [0.15, 0.2) is 0 Å². The fourth-order valence-electron chi connectivity index (χ4n) is 3.33. The molecule has 1 amide bonds. The van der Waals surface area contributed by atoms with E-state index in [-0.39, 0.29) is 43.1 Å². The molecule has 1 aliphatic heterocycles. The molecule has 21 heavy (non-hydrogen) atoms. The third-order valence-electron chi connectivity index (χ3n) is 4.77. The first-order chi connectivity index (χ1) is 9.29. The molecular weight excluding hydrogens is 305 g/mol. The summed E-state index contributed by atoms with van der Waals surface area (Å²) in [6.45, 7) is 3.15. The zero-order valence-electron chi connectivity index (χ0n) is 12.2. The Labute approximate surface area is 129 Å². The van der Waals surface area contributed by atoms with Crippen molar-refractivity contribution in [3.05, 3.63) is 0 Å². The quantitative estimate of drug-likeness (QED) is 0.804. The minimum atomic E-state index is -4.17. The predicted octanol–water partition coefficient (Wildman–Crippen LogP) is 2.97. The molecule has 0 aromatic heterocycles. The lowest BCUT2D eigenvalue weighted by Crippen LogP contribution is -2.50. The molecule has 1 saturated carbocycles. The molecule has 2 fully saturated rings. The van der Waals surface area contributed by atoms with Crippen LogP contribution in [0.4, 0.5) is 13.2 Å². The molecule has 7 heteroatoms. The maximum Gasteiger partial charge on any atom is 0.391 e. The molecular formula is C14H24ClF3N2O. The SMILES string of the molecule is CC1CN(C(=O)C2CCCC(C(F)(F)F)C2)CCC1N.Cl. The van der Waals surface area contributed by atoms with Crippen LogP contribution in [0.5, 0.6) is 0 Å². The highest BCUT2D eigenvalue weighted by Gasteiger charge is 2.44. The van der Waals surface area contributed by atoms with Crippen LogP contribution in [-0.4, -0.2) is 36.1 Å². The largest absolute Gasteiger partial charge is 0.391 e. The highest BCUT2D eigenvalue weighted by Crippen LogP contribution is 2.40. The molecule has 0 spiro atoms. The monoisotopic (exact) mass is 328 g/mol. The van der Waals surface area contributed by atoms with Gasteiger partial charge in [-0.3, -0.25) is 4.79 Å². The summed E-state index contributed by atoms with van der Waals surface area (Å²) in [5, 5.41) is 0. The van der Waals surface area contributed by atoms with Gasteiger partial charge in [0.2, 0.25) is 5.91 Å². The van der Waals surface area contributed by atoms with Gasteiger partial charge in [0.05, 0.1) is 5.92 Å². The number of carbonyl (C=O) groups excluding carboxylic acids is 1. The Hall–Kier alpha value is -0.490. The zero-order valence-corrected chi connectivity index (χ0v) is 13.1. The summed E-state index contributed by atoms with van der Waals surface area (Å²) in [5.41, 5.74) is 5.91. The molecule has 1 aliphatic carbocycles. The van der Waals surface area contributed by atoms with E-state index in [1.54, 1.807) is 4.90 Å². The lowest BCUT2D eigenvalue weighted by molar-refractivity contribution is -0.187. The number of carbonyl (C=O) groups is 1. The van der Waals surface area contributed by atoms with Gasteiger partial charge in [0, 0.05) is 25.0 Å². The van der Waals surface area contributed by atoms with Crippen molar-refractivity contribution in [3.8, 4) is 0 Å². The number of hydrogen-bond donors (Lipinski definition) is 1. The number of nitrogens with zero attached hydrogens (tertiary/aromatic N) is 1. The van der Waals surface area contributed by atoms with Crippen LogP contribution in [0.3, 0.4) is 0 Å². The number of piperidine rings is 1. The summed E-state index contributed by atoms with van der Waals surface area (Å²) >= 11 is 0. The van der Waals surface area contributed by atoms with Crippen LogP contribution >= 0.6 is 12.4 Å². The summed E-state index contributed by atoms with van der Waals surface area (Å²) in [7, 11) is 0. The first-order valence-corrected chi connectivity index (χ1v) is 7.40. The molecule has 1 heterocycles. The summed E-state index contributed by atoms with van der Waals surface area (Å²) in [6.07, 6.45) is -2.24. The second kappa shape index (κ2) is 7.18. The first kappa shape index (κ1) is 18.6. The van der Waals surface area contributed by atoms with E-state index < -0.39 is 18.0 Å². The van der Waals surface area contributed by atoms with Gasteiger partial charge in [0.1, 0.15) is 0 Å². The normalized spacial score (nSPS) is 34.2. The summed E-state index contributed by atoms with van der Waals surface area (Å²) in [5.74, 6) is -1.65. The summed E-state index contributed by atoms with van der Waals surface area (Å²) in [4.78, 5) is 14.1. The van der Waals surface area contributed by atoms with E-state index in [1.165, 1.54) is 0 Å². The number of amides is 1. The van der Waals surface area contributed by atoms with Crippen LogP contribution in [0, 0.1) is 17.8 Å². The molecule has 124 valence electrons. The number of rotatable bonds is 1. The van der Waals surface area contributed by atoms with Crippen LogP contribution in [-0.2, 0) is 4.79 Å². The third kappa shape index (κ3) is 4.49. The molecule has 4 atom stereocenters. The minimum Gasteiger partial charge on any atom is -0.342 e. The Bertz CT molecular complexity index is 365. The fraction of sp³-hybridized carbons (Fsp3) is 0.929. The van der Waals surface area contributed by atoms with Crippen molar-refractivity contribution < 1.29 is 18.0 Å². The van der Waals surface area contributed by atoms with Gasteiger partial charge >= 0.3 is 6.18 Å². The van der Waals surface area contributed by atoms with Gasteiger partial charge in [-0.15, -0.1) is 12.4 Å².